The number of para-hydroxylation sites is 1. The van der Waals surface area contributed by atoms with Crippen molar-refractivity contribution in [3.8, 4) is 5.75 Å². The molecule has 0 saturated heterocycles. The third kappa shape index (κ3) is 7.01. The highest BCUT2D eigenvalue weighted by Crippen LogP contribution is 2.25. The van der Waals surface area contributed by atoms with Crippen molar-refractivity contribution >= 4 is 33.4 Å². The molecule has 0 radical (unpaired) electrons. The van der Waals surface area contributed by atoms with E-state index in [-0.39, 0.29) is 17.3 Å². The van der Waals surface area contributed by atoms with Crippen molar-refractivity contribution < 1.29 is 17.9 Å². The molecule has 3 aromatic rings. The normalized spacial score (nSPS) is 11.1. The maximum absolute atomic E-state index is 13.3. The van der Waals surface area contributed by atoms with Crippen LogP contribution in [0.25, 0.3) is 0 Å². The van der Waals surface area contributed by atoms with Gasteiger partial charge in [0.1, 0.15) is 12.3 Å². The molecule has 0 aliphatic carbocycles. The lowest BCUT2D eigenvalue weighted by molar-refractivity contribution is -0.119. The van der Waals surface area contributed by atoms with E-state index in [2.05, 4.69) is 24.4 Å². The van der Waals surface area contributed by atoms with Gasteiger partial charge >= 0.3 is 0 Å². The third-order valence-corrected chi connectivity index (χ3v) is 8.17. The van der Waals surface area contributed by atoms with Gasteiger partial charge in [0.05, 0.1) is 17.7 Å². The fourth-order valence-corrected chi connectivity index (χ4v) is 5.78. The van der Waals surface area contributed by atoms with Crippen LogP contribution in [0.2, 0.25) is 0 Å². The zero-order valence-electron chi connectivity index (χ0n) is 19.4. The lowest BCUT2D eigenvalue weighted by Crippen LogP contribution is -2.41. The smallest absolute Gasteiger partial charge is 0.264 e. The maximum Gasteiger partial charge on any atom is 0.264 e. The average molecular weight is 499 g/mol. The van der Waals surface area contributed by atoms with Gasteiger partial charge in [-0.05, 0) is 66.6 Å². The van der Waals surface area contributed by atoms with Crippen LogP contribution in [-0.4, -0.2) is 40.3 Å². The van der Waals surface area contributed by atoms with Crippen molar-refractivity contribution in [1.82, 2.24) is 5.32 Å². The first-order valence-electron chi connectivity index (χ1n) is 11.0. The van der Waals surface area contributed by atoms with Gasteiger partial charge in [-0.3, -0.25) is 9.10 Å². The molecular weight excluding hydrogens is 468 g/mol. The van der Waals surface area contributed by atoms with Crippen LogP contribution in [0.4, 0.5) is 5.69 Å². The molecule has 180 valence electrons. The Morgan fingerprint density at radius 1 is 0.971 bits per heavy atom. The monoisotopic (exact) mass is 498 g/mol. The van der Waals surface area contributed by atoms with Gasteiger partial charge in [-0.2, -0.15) is 11.8 Å². The quantitative estimate of drug-likeness (QED) is 0.368. The first-order valence-corrected chi connectivity index (χ1v) is 13.6. The Bertz CT molecular complexity index is 1170. The summed E-state index contributed by atoms with van der Waals surface area (Å²) in [6.07, 6.45) is 0.804. The molecule has 0 fully saturated rings. The summed E-state index contributed by atoms with van der Waals surface area (Å²) in [5, 5.41) is 2.86. The summed E-state index contributed by atoms with van der Waals surface area (Å²) in [4.78, 5) is 12.8. The molecule has 0 saturated carbocycles. The molecule has 0 unspecified atom stereocenters. The maximum atomic E-state index is 13.3. The minimum absolute atomic E-state index is 0.0950. The Morgan fingerprint density at radius 2 is 1.65 bits per heavy atom. The van der Waals surface area contributed by atoms with Crippen LogP contribution in [0, 0.1) is 6.92 Å². The minimum atomic E-state index is -3.94. The van der Waals surface area contributed by atoms with Gasteiger partial charge in [0.25, 0.3) is 10.0 Å². The summed E-state index contributed by atoms with van der Waals surface area (Å²) in [6, 6.07) is 23.1. The summed E-state index contributed by atoms with van der Waals surface area (Å²) in [5.41, 5.74) is 3.03. The molecule has 0 atom stereocenters. The lowest BCUT2D eigenvalue weighted by atomic mass is 10.1. The molecule has 8 heteroatoms. The van der Waals surface area contributed by atoms with Crippen molar-refractivity contribution in [3.63, 3.8) is 0 Å². The Morgan fingerprint density at radius 3 is 2.32 bits per heavy atom. The number of benzene rings is 3. The zero-order valence-corrected chi connectivity index (χ0v) is 21.1. The Kier molecular flexibility index (Phi) is 9.42. The fourth-order valence-electron chi connectivity index (χ4n) is 3.33. The number of thioether (sulfide) groups is 1. The number of nitrogens with zero attached hydrogens (tertiary/aromatic N) is 1. The number of hydrogen-bond donors (Lipinski definition) is 1. The molecule has 0 heterocycles. The summed E-state index contributed by atoms with van der Waals surface area (Å²) >= 11 is 1.82. The minimum Gasteiger partial charge on any atom is -0.497 e. The summed E-state index contributed by atoms with van der Waals surface area (Å²) in [7, 11) is -2.42. The standard InChI is InChI=1S/C26H30N2O4S2/c1-21-9-6-7-10-22(21)20-33-18-8-17-27-26(29)19-28(23-11-4-3-5-12-23)34(30,31)25-15-13-24(32-2)14-16-25/h3-7,9-16H,8,17-20H2,1-2H3,(H,27,29). The van der Waals surface area contributed by atoms with Gasteiger partial charge in [0, 0.05) is 12.3 Å². The van der Waals surface area contributed by atoms with Crippen molar-refractivity contribution in [2.45, 2.75) is 24.0 Å². The number of carbonyl (C=O) groups is 1. The number of anilines is 1. The number of hydrogen-bond acceptors (Lipinski definition) is 5. The number of amides is 1. The highest BCUT2D eigenvalue weighted by atomic mass is 32.2. The Hall–Kier alpha value is -2.97. The highest BCUT2D eigenvalue weighted by Gasteiger charge is 2.27. The number of sulfonamides is 1. The first-order chi connectivity index (χ1) is 16.4. The number of carbonyl (C=O) groups excluding carboxylic acids is 1. The van der Waals surface area contributed by atoms with E-state index in [0.29, 0.717) is 18.0 Å². The van der Waals surface area contributed by atoms with Crippen molar-refractivity contribution in [1.29, 1.82) is 0 Å². The summed E-state index contributed by atoms with van der Waals surface area (Å²) < 4.78 is 33.0. The van der Waals surface area contributed by atoms with Gasteiger partial charge in [0.15, 0.2) is 0 Å². The van der Waals surface area contributed by atoms with Crippen LogP contribution in [-0.2, 0) is 20.6 Å². The summed E-state index contributed by atoms with van der Waals surface area (Å²) in [5.74, 6) is 2.05. The average Bonchev–Trinajstić information content (AvgIpc) is 2.86. The number of ether oxygens (including phenoxy) is 1. The van der Waals surface area contributed by atoms with Crippen LogP contribution in [0.5, 0.6) is 5.75 Å². The van der Waals surface area contributed by atoms with Crippen molar-refractivity contribution in [3.05, 3.63) is 90.0 Å². The SMILES string of the molecule is COc1ccc(S(=O)(=O)N(CC(=O)NCCCSCc2ccccc2C)c2ccccc2)cc1. The highest BCUT2D eigenvalue weighted by molar-refractivity contribution is 7.98. The van der Waals surface area contributed by atoms with Crippen LogP contribution < -0.4 is 14.4 Å². The van der Waals surface area contributed by atoms with E-state index >= 15 is 0 Å². The van der Waals surface area contributed by atoms with E-state index in [4.69, 9.17) is 4.74 Å². The van der Waals surface area contributed by atoms with E-state index in [9.17, 15) is 13.2 Å². The Labute approximate surface area is 206 Å². The van der Waals surface area contributed by atoms with Crippen LogP contribution in [0.15, 0.2) is 83.8 Å². The van der Waals surface area contributed by atoms with Gasteiger partial charge < -0.3 is 10.1 Å². The molecule has 0 aliphatic heterocycles. The molecular formula is C26H30N2O4S2. The van der Waals surface area contributed by atoms with Gasteiger partial charge in [0.2, 0.25) is 5.91 Å². The molecule has 0 aromatic heterocycles. The first kappa shape index (κ1) is 25.6. The van der Waals surface area contributed by atoms with Gasteiger partial charge in [-0.25, -0.2) is 8.42 Å². The van der Waals surface area contributed by atoms with E-state index in [1.807, 2.05) is 23.9 Å². The Balaban J connectivity index is 1.57. The van der Waals surface area contributed by atoms with Crippen molar-refractivity contribution in [2.75, 3.05) is 30.3 Å². The van der Waals surface area contributed by atoms with E-state index < -0.39 is 10.0 Å². The summed E-state index contributed by atoms with van der Waals surface area (Å²) in [6.45, 7) is 2.30. The second-order valence-corrected chi connectivity index (χ2v) is 10.7. The third-order valence-electron chi connectivity index (χ3n) is 5.29. The molecule has 1 amide bonds. The van der Waals surface area contributed by atoms with Crippen molar-refractivity contribution in [2.24, 2.45) is 0 Å². The fraction of sp³-hybridized carbons (Fsp3) is 0.269. The predicted molar refractivity (Wildman–Crippen MR) is 139 cm³/mol. The van der Waals surface area contributed by atoms with Crippen LogP contribution in [0.3, 0.4) is 0 Å². The van der Waals surface area contributed by atoms with Gasteiger partial charge in [-0.15, -0.1) is 0 Å². The molecule has 6 nitrogen and oxygen atoms in total. The number of nitrogens with one attached hydrogen (secondary N) is 1. The number of methoxy groups -OCH3 is 1. The molecule has 0 aliphatic rings. The molecule has 3 rings (SSSR count). The lowest BCUT2D eigenvalue weighted by Gasteiger charge is -2.24. The second kappa shape index (κ2) is 12.5. The number of rotatable bonds is 12. The van der Waals surface area contributed by atoms with E-state index in [1.165, 1.54) is 30.4 Å². The molecule has 34 heavy (non-hydrogen) atoms. The van der Waals surface area contributed by atoms with Crippen LogP contribution in [0.1, 0.15) is 17.5 Å². The molecule has 0 bridgehead atoms. The molecule has 3 aromatic carbocycles. The van der Waals surface area contributed by atoms with E-state index in [0.717, 1.165) is 22.2 Å². The van der Waals surface area contributed by atoms with Crippen LogP contribution >= 0.6 is 11.8 Å². The van der Waals surface area contributed by atoms with Gasteiger partial charge in [-0.1, -0.05) is 42.5 Å². The van der Waals surface area contributed by atoms with E-state index in [1.54, 1.807) is 42.5 Å². The number of aryl methyl sites for hydroxylation is 1. The largest absolute Gasteiger partial charge is 0.497 e. The topological polar surface area (TPSA) is 75.7 Å². The molecule has 1 N–H and O–H groups in total. The second-order valence-electron chi connectivity index (χ2n) is 7.71. The predicted octanol–water partition coefficient (Wildman–Crippen LogP) is 4.64. The molecule has 0 spiro atoms. The zero-order chi connectivity index (χ0) is 24.4.